The molecular formula is C11H15N7. The zero-order chi connectivity index (χ0) is 13.0. The van der Waals surface area contributed by atoms with Gasteiger partial charge in [-0.2, -0.15) is 9.97 Å². The monoisotopic (exact) mass is 245 g/mol. The maximum absolute atomic E-state index is 5.61. The number of nitrogens with one attached hydrogen (secondary N) is 1. The number of pyridine rings is 1. The summed E-state index contributed by atoms with van der Waals surface area (Å²) in [4.78, 5) is 14.1. The van der Waals surface area contributed by atoms with E-state index in [9.17, 15) is 0 Å². The molecule has 0 bridgehead atoms. The summed E-state index contributed by atoms with van der Waals surface area (Å²) in [7, 11) is 1.91. The summed E-state index contributed by atoms with van der Waals surface area (Å²) in [6.07, 6.45) is 3.55. The predicted octanol–water partition coefficient (Wildman–Crippen LogP) is 0.376. The van der Waals surface area contributed by atoms with E-state index in [0.29, 0.717) is 18.2 Å². The summed E-state index contributed by atoms with van der Waals surface area (Å²) in [6.45, 7) is 0.675. The fourth-order valence-electron chi connectivity index (χ4n) is 1.57. The Hall–Kier alpha value is -2.41. The van der Waals surface area contributed by atoms with Crippen LogP contribution in [-0.2, 0) is 6.54 Å². The third-order valence-electron chi connectivity index (χ3n) is 2.41. The van der Waals surface area contributed by atoms with Crippen LogP contribution >= 0.6 is 0 Å². The summed E-state index contributed by atoms with van der Waals surface area (Å²) in [5.74, 6) is 6.67. The molecule has 94 valence electrons. The van der Waals surface area contributed by atoms with Crippen LogP contribution in [0.4, 0.5) is 17.6 Å². The smallest absolute Gasteiger partial charge is 0.223 e. The second-order valence-electron chi connectivity index (χ2n) is 3.83. The maximum atomic E-state index is 5.61. The van der Waals surface area contributed by atoms with Crippen molar-refractivity contribution in [1.29, 1.82) is 0 Å². The minimum absolute atomic E-state index is 0.179. The highest BCUT2D eigenvalue weighted by molar-refractivity contribution is 5.51. The quantitative estimate of drug-likeness (QED) is 0.528. The molecule has 0 aliphatic rings. The van der Waals surface area contributed by atoms with Gasteiger partial charge in [0.1, 0.15) is 11.6 Å². The molecule has 0 aromatic carbocycles. The lowest BCUT2D eigenvalue weighted by atomic mass is 10.3. The lowest BCUT2D eigenvalue weighted by Crippen LogP contribution is -2.20. The van der Waals surface area contributed by atoms with Gasteiger partial charge >= 0.3 is 0 Å². The Morgan fingerprint density at radius 3 is 2.89 bits per heavy atom. The Morgan fingerprint density at radius 1 is 1.39 bits per heavy atom. The van der Waals surface area contributed by atoms with E-state index in [-0.39, 0.29) is 5.95 Å². The minimum Gasteiger partial charge on any atom is -0.368 e. The number of aromatic nitrogens is 3. The van der Waals surface area contributed by atoms with Crippen molar-refractivity contribution in [3.05, 3.63) is 36.2 Å². The molecule has 0 aliphatic carbocycles. The fourth-order valence-corrected chi connectivity index (χ4v) is 1.57. The molecule has 0 atom stereocenters. The minimum atomic E-state index is 0.179. The van der Waals surface area contributed by atoms with Gasteiger partial charge in [0.2, 0.25) is 5.95 Å². The fraction of sp³-hybridized carbons (Fsp3) is 0.182. The molecule has 7 nitrogen and oxygen atoms in total. The Bertz CT molecular complexity index is 514. The molecule has 5 N–H and O–H groups in total. The van der Waals surface area contributed by atoms with Crippen LogP contribution < -0.4 is 21.9 Å². The SMILES string of the molecule is CN(Cc1cccnc1)c1cc(NN)nc(N)n1. The average molecular weight is 245 g/mol. The summed E-state index contributed by atoms with van der Waals surface area (Å²) in [6, 6.07) is 5.62. The Morgan fingerprint density at radius 2 is 2.22 bits per heavy atom. The molecule has 2 aromatic heterocycles. The molecule has 2 rings (SSSR count). The standard InChI is InChI=1S/C11H15N7/c1-18(7-8-3-2-4-14-6-8)10-5-9(17-13)15-11(12)16-10/h2-6H,7,13H2,1H3,(H3,12,15,16,17). The third-order valence-corrected chi connectivity index (χ3v) is 2.41. The van der Waals surface area contributed by atoms with Gasteiger partial charge in [-0.05, 0) is 11.6 Å². The molecule has 0 radical (unpaired) electrons. The van der Waals surface area contributed by atoms with Crippen LogP contribution in [0.15, 0.2) is 30.6 Å². The van der Waals surface area contributed by atoms with Gasteiger partial charge in [0.25, 0.3) is 0 Å². The van der Waals surface area contributed by atoms with Crippen LogP contribution in [0.2, 0.25) is 0 Å². The highest BCUT2D eigenvalue weighted by atomic mass is 15.3. The second kappa shape index (κ2) is 5.28. The van der Waals surface area contributed by atoms with Gasteiger partial charge in [-0.3, -0.25) is 4.98 Å². The number of hydrogen-bond donors (Lipinski definition) is 3. The first-order chi connectivity index (χ1) is 8.69. The van der Waals surface area contributed by atoms with Crippen LogP contribution in [0.3, 0.4) is 0 Å². The molecule has 2 aromatic rings. The predicted molar refractivity (Wildman–Crippen MR) is 70.6 cm³/mol. The highest BCUT2D eigenvalue weighted by Crippen LogP contribution is 2.16. The third kappa shape index (κ3) is 2.83. The molecular weight excluding hydrogens is 230 g/mol. The van der Waals surface area contributed by atoms with E-state index in [1.165, 1.54) is 0 Å². The number of nitrogens with zero attached hydrogens (tertiary/aromatic N) is 4. The van der Waals surface area contributed by atoms with Crippen LogP contribution in [0.25, 0.3) is 0 Å². The lowest BCUT2D eigenvalue weighted by Gasteiger charge is -2.18. The van der Waals surface area contributed by atoms with Gasteiger partial charge in [-0.15, -0.1) is 0 Å². The number of rotatable bonds is 4. The molecule has 0 saturated carbocycles. The zero-order valence-corrected chi connectivity index (χ0v) is 10.0. The van der Waals surface area contributed by atoms with Crippen molar-refractivity contribution < 1.29 is 0 Å². The topological polar surface area (TPSA) is 106 Å². The first-order valence-electron chi connectivity index (χ1n) is 5.40. The molecule has 0 unspecified atom stereocenters. The van der Waals surface area contributed by atoms with E-state index in [1.807, 2.05) is 30.3 Å². The van der Waals surface area contributed by atoms with Crippen molar-refractivity contribution in [3.63, 3.8) is 0 Å². The van der Waals surface area contributed by atoms with Gasteiger partial charge in [0.05, 0.1) is 0 Å². The van der Waals surface area contributed by atoms with E-state index in [0.717, 1.165) is 5.56 Å². The first kappa shape index (κ1) is 12.1. The molecule has 0 spiro atoms. The van der Waals surface area contributed by atoms with Crippen molar-refractivity contribution in [2.45, 2.75) is 6.54 Å². The number of anilines is 3. The largest absolute Gasteiger partial charge is 0.368 e. The zero-order valence-electron chi connectivity index (χ0n) is 10.0. The molecule has 0 amide bonds. The van der Waals surface area contributed by atoms with E-state index in [2.05, 4.69) is 20.4 Å². The summed E-state index contributed by atoms with van der Waals surface area (Å²) in [5.41, 5.74) is 9.15. The van der Waals surface area contributed by atoms with Gasteiger partial charge in [0.15, 0.2) is 0 Å². The van der Waals surface area contributed by atoms with E-state index >= 15 is 0 Å². The van der Waals surface area contributed by atoms with Crippen LogP contribution in [0, 0.1) is 0 Å². The van der Waals surface area contributed by atoms with Crippen molar-refractivity contribution in [1.82, 2.24) is 15.0 Å². The lowest BCUT2D eigenvalue weighted by molar-refractivity contribution is 0.888. The van der Waals surface area contributed by atoms with Crippen LogP contribution in [-0.4, -0.2) is 22.0 Å². The molecule has 7 heteroatoms. The van der Waals surface area contributed by atoms with E-state index in [1.54, 1.807) is 12.3 Å². The first-order valence-corrected chi connectivity index (χ1v) is 5.40. The Kier molecular flexibility index (Phi) is 3.54. The van der Waals surface area contributed by atoms with Crippen molar-refractivity contribution >= 4 is 17.6 Å². The van der Waals surface area contributed by atoms with Crippen LogP contribution in [0.5, 0.6) is 0 Å². The molecule has 0 aliphatic heterocycles. The van der Waals surface area contributed by atoms with E-state index < -0.39 is 0 Å². The van der Waals surface area contributed by atoms with Gasteiger partial charge in [0, 0.05) is 32.1 Å². The van der Waals surface area contributed by atoms with Crippen molar-refractivity contribution in [2.24, 2.45) is 5.84 Å². The number of hydrazine groups is 1. The summed E-state index contributed by atoms with van der Waals surface area (Å²) >= 11 is 0. The Labute approximate surface area is 105 Å². The van der Waals surface area contributed by atoms with Gasteiger partial charge in [-0.1, -0.05) is 6.07 Å². The second-order valence-corrected chi connectivity index (χ2v) is 3.83. The van der Waals surface area contributed by atoms with Crippen molar-refractivity contribution in [3.8, 4) is 0 Å². The van der Waals surface area contributed by atoms with Crippen molar-refractivity contribution in [2.75, 3.05) is 23.1 Å². The summed E-state index contributed by atoms with van der Waals surface area (Å²) in [5, 5.41) is 0. The molecule has 0 fully saturated rings. The van der Waals surface area contributed by atoms with Gasteiger partial charge < -0.3 is 16.1 Å². The average Bonchev–Trinajstić information content (AvgIpc) is 2.39. The molecule has 0 saturated heterocycles. The Balaban J connectivity index is 2.18. The molecule has 2 heterocycles. The van der Waals surface area contributed by atoms with Gasteiger partial charge in [-0.25, -0.2) is 5.84 Å². The molecule has 18 heavy (non-hydrogen) atoms. The highest BCUT2D eigenvalue weighted by Gasteiger charge is 2.07. The number of nitrogens with two attached hydrogens (primary N) is 2. The number of nitrogen functional groups attached to an aromatic ring is 2. The van der Waals surface area contributed by atoms with Crippen LogP contribution in [0.1, 0.15) is 5.56 Å². The normalized spacial score (nSPS) is 10.1. The number of hydrogen-bond acceptors (Lipinski definition) is 7. The van der Waals surface area contributed by atoms with E-state index in [4.69, 9.17) is 11.6 Å². The maximum Gasteiger partial charge on any atom is 0.223 e. The summed E-state index contributed by atoms with van der Waals surface area (Å²) < 4.78 is 0.